The van der Waals surface area contributed by atoms with Crippen LogP contribution in [0.1, 0.15) is 23.2 Å². The molecule has 5 heteroatoms. The van der Waals surface area contributed by atoms with Crippen LogP contribution in [0.3, 0.4) is 0 Å². The quantitative estimate of drug-likeness (QED) is 0.861. The van der Waals surface area contributed by atoms with Crippen LogP contribution < -0.4 is 0 Å². The first-order valence-corrected chi connectivity index (χ1v) is 6.42. The number of carbonyl (C=O) groups is 1. The topological polar surface area (TPSA) is 53.4 Å². The maximum atomic E-state index is 12.0. The fourth-order valence-electron chi connectivity index (χ4n) is 1.72. The third-order valence-electron chi connectivity index (χ3n) is 2.95. The minimum atomic E-state index is -0.396. The average Bonchev–Trinajstić information content (AvgIpc) is 3.12. The molecule has 0 spiro atoms. The van der Waals surface area contributed by atoms with E-state index in [4.69, 9.17) is 0 Å². The van der Waals surface area contributed by atoms with Crippen LogP contribution in [-0.4, -0.2) is 40.6 Å². The van der Waals surface area contributed by atoms with Gasteiger partial charge in [-0.25, -0.2) is 4.98 Å². The molecule has 0 aromatic carbocycles. The third kappa shape index (κ3) is 3.26. The van der Waals surface area contributed by atoms with E-state index >= 15 is 0 Å². The molecular weight excluding hydrogens is 284 g/mol. The van der Waals surface area contributed by atoms with E-state index in [9.17, 15) is 9.90 Å². The van der Waals surface area contributed by atoms with E-state index in [1.54, 1.807) is 24.1 Å². The number of rotatable bonds is 4. The predicted octanol–water partition coefficient (Wildman–Crippen LogP) is 1.69. The number of hydrogen-bond acceptors (Lipinski definition) is 3. The lowest BCUT2D eigenvalue weighted by molar-refractivity contribution is 0.0645. The van der Waals surface area contributed by atoms with Gasteiger partial charge in [-0.15, -0.1) is 0 Å². The highest BCUT2D eigenvalue weighted by Gasteiger charge is 2.31. The maximum Gasteiger partial charge on any atom is 0.255 e. The van der Waals surface area contributed by atoms with Crippen molar-refractivity contribution in [3.63, 3.8) is 0 Å². The molecule has 0 bridgehead atoms. The molecule has 4 nitrogen and oxygen atoms in total. The van der Waals surface area contributed by atoms with E-state index in [2.05, 4.69) is 20.9 Å². The molecule has 1 heterocycles. The van der Waals surface area contributed by atoms with Gasteiger partial charge in [0, 0.05) is 19.8 Å². The van der Waals surface area contributed by atoms with Gasteiger partial charge in [0.05, 0.1) is 11.7 Å². The van der Waals surface area contributed by atoms with Gasteiger partial charge in [-0.05, 0) is 46.8 Å². The Hall–Kier alpha value is -0.940. The molecule has 1 atom stereocenters. The van der Waals surface area contributed by atoms with E-state index in [0.717, 1.165) is 12.8 Å². The van der Waals surface area contributed by atoms with E-state index < -0.39 is 6.10 Å². The number of nitrogens with zero attached hydrogens (tertiary/aromatic N) is 2. The zero-order valence-electron chi connectivity index (χ0n) is 9.64. The first-order chi connectivity index (χ1) is 8.08. The zero-order valence-corrected chi connectivity index (χ0v) is 11.2. The zero-order chi connectivity index (χ0) is 12.4. The van der Waals surface area contributed by atoms with Gasteiger partial charge in [-0.3, -0.25) is 4.79 Å². The number of carbonyl (C=O) groups excluding carboxylic acids is 1. The molecule has 1 N–H and O–H groups in total. The summed E-state index contributed by atoms with van der Waals surface area (Å²) in [6.07, 6.45) is 3.28. The Kier molecular flexibility index (Phi) is 3.79. The second-order valence-electron chi connectivity index (χ2n) is 4.46. The lowest BCUT2D eigenvalue weighted by Crippen LogP contribution is -2.35. The minimum absolute atomic E-state index is 0.107. The first-order valence-electron chi connectivity index (χ1n) is 5.63. The Morgan fingerprint density at radius 2 is 2.35 bits per heavy atom. The molecule has 1 fully saturated rings. The summed E-state index contributed by atoms with van der Waals surface area (Å²) in [5.74, 6) is 0.276. The van der Waals surface area contributed by atoms with Crippen LogP contribution in [0.25, 0.3) is 0 Å². The van der Waals surface area contributed by atoms with Crippen molar-refractivity contribution in [2.24, 2.45) is 5.92 Å². The second-order valence-corrected chi connectivity index (χ2v) is 5.27. The van der Waals surface area contributed by atoms with Gasteiger partial charge in [-0.1, -0.05) is 0 Å². The van der Waals surface area contributed by atoms with Gasteiger partial charge in [0.1, 0.15) is 4.60 Å². The molecule has 1 aliphatic carbocycles. The summed E-state index contributed by atoms with van der Waals surface area (Å²) >= 11 is 3.22. The van der Waals surface area contributed by atoms with Crippen LogP contribution in [0.4, 0.5) is 0 Å². The van der Waals surface area contributed by atoms with Crippen molar-refractivity contribution in [3.8, 4) is 0 Å². The molecule has 1 aromatic heterocycles. The Morgan fingerprint density at radius 1 is 1.65 bits per heavy atom. The van der Waals surface area contributed by atoms with Crippen molar-refractivity contribution in [1.29, 1.82) is 0 Å². The Morgan fingerprint density at radius 3 is 2.88 bits per heavy atom. The van der Waals surface area contributed by atoms with Gasteiger partial charge in [0.25, 0.3) is 5.91 Å². The summed E-state index contributed by atoms with van der Waals surface area (Å²) in [6.45, 7) is 0.388. The summed E-state index contributed by atoms with van der Waals surface area (Å²) in [6, 6.07) is 3.46. The average molecular weight is 299 g/mol. The van der Waals surface area contributed by atoms with Crippen molar-refractivity contribution < 1.29 is 9.90 Å². The fourth-order valence-corrected chi connectivity index (χ4v) is 1.95. The first kappa shape index (κ1) is 12.5. The highest BCUT2D eigenvalue weighted by atomic mass is 79.9. The number of aromatic nitrogens is 1. The van der Waals surface area contributed by atoms with Crippen molar-refractivity contribution in [1.82, 2.24) is 9.88 Å². The maximum absolute atomic E-state index is 12.0. The fraction of sp³-hybridized carbons (Fsp3) is 0.500. The van der Waals surface area contributed by atoms with Crippen molar-refractivity contribution in [2.45, 2.75) is 18.9 Å². The van der Waals surface area contributed by atoms with Crippen LogP contribution in [0.5, 0.6) is 0 Å². The number of amides is 1. The van der Waals surface area contributed by atoms with E-state index in [1.165, 1.54) is 6.20 Å². The lowest BCUT2D eigenvalue weighted by atomic mass is 10.2. The molecule has 92 valence electrons. The molecule has 1 saturated carbocycles. The van der Waals surface area contributed by atoms with Crippen LogP contribution >= 0.6 is 15.9 Å². The van der Waals surface area contributed by atoms with Crippen LogP contribution in [0, 0.1) is 5.92 Å². The van der Waals surface area contributed by atoms with Crippen molar-refractivity contribution in [2.75, 3.05) is 13.6 Å². The molecule has 2 rings (SSSR count). The normalized spacial score (nSPS) is 16.6. The van der Waals surface area contributed by atoms with E-state index in [1.807, 2.05) is 0 Å². The number of hydrogen-bond donors (Lipinski definition) is 1. The van der Waals surface area contributed by atoms with Crippen molar-refractivity contribution >= 4 is 21.8 Å². The Labute approximate surface area is 109 Å². The summed E-state index contributed by atoms with van der Waals surface area (Å²) in [4.78, 5) is 17.6. The number of aliphatic hydroxyl groups excluding tert-OH is 1. The third-order valence-corrected chi connectivity index (χ3v) is 3.42. The second kappa shape index (κ2) is 5.14. The van der Waals surface area contributed by atoms with Crippen LogP contribution in [0.15, 0.2) is 22.9 Å². The minimum Gasteiger partial charge on any atom is -0.391 e. The molecule has 1 aliphatic rings. The van der Waals surface area contributed by atoms with Gasteiger partial charge >= 0.3 is 0 Å². The standard InChI is InChI=1S/C12H15BrN2O2/c1-15(7-10(16)8-2-3-8)12(17)9-4-5-11(13)14-6-9/h4-6,8,10,16H,2-3,7H2,1H3. The summed E-state index contributed by atoms with van der Waals surface area (Å²) in [5, 5.41) is 9.78. The van der Waals surface area contributed by atoms with E-state index in [-0.39, 0.29) is 5.91 Å². The van der Waals surface area contributed by atoms with E-state index in [0.29, 0.717) is 22.6 Å². The SMILES string of the molecule is CN(CC(O)C1CC1)C(=O)c1ccc(Br)nc1. The Bertz CT molecular complexity index is 403. The van der Waals surface area contributed by atoms with Crippen molar-refractivity contribution in [3.05, 3.63) is 28.5 Å². The number of halogens is 1. The molecular formula is C12H15BrN2O2. The lowest BCUT2D eigenvalue weighted by Gasteiger charge is -2.20. The molecule has 1 aromatic rings. The number of likely N-dealkylation sites (N-methyl/N-ethyl adjacent to an activating group) is 1. The molecule has 1 amide bonds. The van der Waals surface area contributed by atoms with Gasteiger partial charge < -0.3 is 10.0 Å². The van der Waals surface area contributed by atoms with Gasteiger partial charge in [0.15, 0.2) is 0 Å². The molecule has 0 radical (unpaired) electrons. The molecule has 0 aliphatic heterocycles. The predicted molar refractivity (Wildman–Crippen MR) is 67.6 cm³/mol. The van der Waals surface area contributed by atoms with Gasteiger partial charge in [-0.2, -0.15) is 0 Å². The Balaban J connectivity index is 1.96. The largest absolute Gasteiger partial charge is 0.391 e. The molecule has 0 saturated heterocycles. The molecule has 17 heavy (non-hydrogen) atoms. The number of aliphatic hydroxyl groups is 1. The van der Waals surface area contributed by atoms with Gasteiger partial charge in [0.2, 0.25) is 0 Å². The highest BCUT2D eigenvalue weighted by molar-refractivity contribution is 9.10. The summed E-state index contributed by atoms with van der Waals surface area (Å²) in [7, 11) is 1.70. The van der Waals surface area contributed by atoms with Crippen LogP contribution in [0.2, 0.25) is 0 Å². The molecule has 1 unspecified atom stereocenters. The smallest absolute Gasteiger partial charge is 0.255 e. The monoisotopic (exact) mass is 298 g/mol. The highest BCUT2D eigenvalue weighted by Crippen LogP contribution is 2.32. The summed E-state index contributed by atoms with van der Waals surface area (Å²) < 4.78 is 0.703. The summed E-state index contributed by atoms with van der Waals surface area (Å²) in [5.41, 5.74) is 0.540. The van der Waals surface area contributed by atoms with Crippen LogP contribution in [-0.2, 0) is 0 Å². The number of pyridine rings is 1.